The van der Waals surface area contributed by atoms with Crippen LogP contribution in [-0.2, 0) is 4.79 Å². The van der Waals surface area contributed by atoms with Gasteiger partial charge in [0.1, 0.15) is 5.82 Å². The lowest BCUT2D eigenvalue weighted by Crippen LogP contribution is -2.46. The van der Waals surface area contributed by atoms with E-state index in [0.29, 0.717) is 24.0 Å². The van der Waals surface area contributed by atoms with E-state index in [4.69, 9.17) is 9.47 Å². The summed E-state index contributed by atoms with van der Waals surface area (Å²) in [6.45, 7) is 4.34. The largest absolute Gasteiger partial charge is 0.493 e. The minimum Gasteiger partial charge on any atom is -0.493 e. The van der Waals surface area contributed by atoms with Crippen LogP contribution in [0, 0.1) is 11.7 Å². The van der Waals surface area contributed by atoms with Crippen molar-refractivity contribution in [3.8, 4) is 11.5 Å². The maximum absolute atomic E-state index is 12.9. The molecule has 3 N–H and O–H groups in total. The first-order valence-electron chi connectivity index (χ1n) is 9.74. The summed E-state index contributed by atoms with van der Waals surface area (Å²) in [5, 5.41) is 2.37. The summed E-state index contributed by atoms with van der Waals surface area (Å²) in [6, 6.07) is 9.56. The van der Waals surface area contributed by atoms with Gasteiger partial charge in [0.2, 0.25) is 0 Å². The molecule has 0 aliphatic heterocycles. The highest BCUT2D eigenvalue weighted by atomic mass is 19.1. The van der Waals surface area contributed by atoms with E-state index >= 15 is 0 Å². The number of amides is 3. The van der Waals surface area contributed by atoms with E-state index in [9.17, 15) is 18.8 Å². The maximum atomic E-state index is 12.9. The Labute approximate surface area is 180 Å². The summed E-state index contributed by atoms with van der Waals surface area (Å²) >= 11 is 0. The number of carbonyl (C=O) groups excluding carboxylic acids is 3. The third kappa shape index (κ3) is 7.61. The van der Waals surface area contributed by atoms with Crippen molar-refractivity contribution < 1.29 is 28.2 Å². The third-order valence-electron chi connectivity index (χ3n) is 4.21. The van der Waals surface area contributed by atoms with Gasteiger partial charge in [0.25, 0.3) is 17.7 Å². The number of nitrogens with one attached hydrogen (secondary N) is 3. The van der Waals surface area contributed by atoms with Crippen molar-refractivity contribution in [2.45, 2.75) is 20.3 Å². The summed E-state index contributed by atoms with van der Waals surface area (Å²) in [6.07, 6.45) is 0.884. The molecule has 0 spiro atoms. The zero-order valence-electron chi connectivity index (χ0n) is 17.7. The molecule has 31 heavy (non-hydrogen) atoms. The maximum Gasteiger partial charge on any atom is 0.269 e. The van der Waals surface area contributed by atoms with Gasteiger partial charge in [0, 0.05) is 11.1 Å². The molecule has 2 aromatic carbocycles. The molecule has 9 heteroatoms. The molecule has 0 bridgehead atoms. The molecule has 0 aliphatic carbocycles. The fourth-order valence-corrected chi connectivity index (χ4v) is 2.44. The lowest BCUT2D eigenvalue weighted by molar-refractivity contribution is -0.120. The van der Waals surface area contributed by atoms with E-state index in [0.717, 1.165) is 18.6 Å². The predicted octanol–water partition coefficient (Wildman–Crippen LogP) is 2.45. The van der Waals surface area contributed by atoms with Gasteiger partial charge < -0.3 is 14.8 Å². The zero-order valence-corrected chi connectivity index (χ0v) is 17.7. The molecule has 166 valence electrons. The van der Waals surface area contributed by atoms with Crippen LogP contribution in [0.3, 0.4) is 0 Å². The second kappa shape index (κ2) is 11.5. The van der Waals surface area contributed by atoms with E-state index in [2.05, 4.69) is 30.0 Å². The fourth-order valence-electron chi connectivity index (χ4n) is 2.44. The average molecular weight is 431 g/mol. The number of hydrogen-bond acceptors (Lipinski definition) is 5. The molecular weight excluding hydrogens is 405 g/mol. The topological polar surface area (TPSA) is 106 Å². The third-order valence-corrected chi connectivity index (χ3v) is 4.21. The van der Waals surface area contributed by atoms with Crippen LogP contribution < -0.4 is 25.6 Å². The molecule has 0 saturated carbocycles. The first kappa shape index (κ1) is 23.7. The average Bonchev–Trinajstić information content (AvgIpc) is 2.76. The van der Waals surface area contributed by atoms with Crippen LogP contribution in [0.2, 0.25) is 0 Å². The molecule has 0 aromatic heterocycles. The van der Waals surface area contributed by atoms with Crippen LogP contribution in [0.1, 0.15) is 41.0 Å². The van der Waals surface area contributed by atoms with Gasteiger partial charge in [-0.2, -0.15) is 0 Å². The summed E-state index contributed by atoms with van der Waals surface area (Å²) < 4.78 is 23.8. The number of hydrogen-bond donors (Lipinski definition) is 3. The summed E-state index contributed by atoms with van der Waals surface area (Å²) in [4.78, 5) is 36.1. The molecule has 0 radical (unpaired) electrons. The van der Waals surface area contributed by atoms with Crippen molar-refractivity contribution in [2.24, 2.45) is 5.92 Å². The molecule has 0 unspecified atom stereocenters. The van der Waals surface area contributed by atoms with Crippen LogP contribution in [-0.4, -0.2) is 38.0 Å². The Morgan fingerprint density at radius 1 is 0.935 bits per heavy atom. The molecule has 0 atom stereocenters. The SMILES string of the molecule is COc1cc(C(=O)NNC(=O)CNC(=O)c2ccc(F)cc2)ccc1OCCC(C)C. The molecule has 2 rings (SSSR count). The molecule has 2 aromatic rings. The van der Waals surface area contributed by atoms with E-state index in [1.54, 1.807) is 12.1 Å². The fraction of sp³-hybridized carbons (Fsp3) is 0.318. The monoisotopic (exact) mass is 431 g/mol. The smallest absolute Gasteiger partial charge is 0.269 e. The quantitative estimate of drug-likeness (QED) is 0.529. The summed E-state index contributed by atoms with van der Waals surface area (Å²) in [5.41, 5.74) is 4.94. The van der Waals surface area contributed by atoms with Crippen molar-refractivity contribution in [3.63, 3.8) is 0 Å². The van der Waals surface area contributed by atoms with Gasteiger partial charge >= 0.3 is 0 Å². The molecule has 0 heterocycles. The second-order valence-corrected chi connectivity index (χ2v) is 7.09. The Hall–Kier alpha value is -3.62. The Balaban J connectivity index is 1.83. The van der Waals surface area contributed by atoms with Crippen LogP contribution >= 0.6 is 0 Å². The van der Waals surface area contributed by atoms with E-state index in [1.165, 1.54) is 25.3 Å². The van der Waals surface area contributed by atoms with Crippen LogP contribution in [0.25, 0.3) is 0 Å². The van der Waals surface area contributed by atoms with Gasteiger partial charge in [-0.15, -0.1) is 0 Å². The predicted molar refractivity (Wildman–Crippen MR) is 112 cm³/mol. The van der Waals surface area contributed by atoms with Crippen LogP contribution in [0.15, 0.2) is 42.5 Å². The van der Waals surface area contributed by atoms with Crippen molar-refractivity contribution in [1.82, 2.24) is 16.2 Å². The second-order valence-electron chi connectivity index (χ2n) is 7.09. The number of ether oxygens (including phenoxy) is 2. The van der Waals surface area contributed by atoms with Gasteiger partial charge in [0.05, 0.1) is 20.3 Å². The first-order chi connectivity index (χ1) is 14.8. The Morgan fingerprint density at radius 2 is 1.61 bits per heavy atom. The van der Waals surface area contributed by atoms with E-state index < -0.39 is 23.5 Å². The van der Waals surface area contributed by atoms with Crippen LogP contribution in [0.5, 0.6) is 11.5 Å². The van der Waals surface area contributed by atoms with E-state index in [1.807, 2.05) is 0 Å². The number of carbonyl (C=O) groups is 3. The Kier molecular flexibility index (Phi) is 8.80. The highest BCUT2D eigenvalue weighted by Gasteiger charge is 2.13. The first-order valence-corrected chi connectivity index (χ1v) is 9.74. The minimum atomic E-state index is -0.635. The van der Waals surface area contributed by atoms with Gasteiger partial charge in [-0.25, -0.2) is 4.39 Å². The molecule has 0 saturated heterocycles. The summed E-state index contributed by atoms with van der Waals surface area (Å²) in [7, 11) is 1.47. The van der Waals surface area contributed by atoms with Crippen LogP contribution in [0.4, 0.5) is 4.39 Å². The number of rotatable bonds is 9. The Bertz CT molecular complexity index is 916. The highest BCUT2D eigenvalue weighted by molar-refractivity contribution is 5.98. The lowest BCUT2D eigenvalue weighted by atomic mass is 10.1. The summed E-state index contributed by atoms with van der Waals surface area (Å²) in [5.74, 6) is -0.792. The molecule has 8 nitrogen and oxygen atoms in total. The van der Waals surface area contributed by atoms with Crippen molar-refractivity contribution in [2.75, 3.05) is 20.3 Å². The van der Waals surface area contributed by atoms with E-state index in [-0.39, 0.29) is 17.7 Å². The number of halogens is 1. The van der Waals surface area contributed by atoms with Crippen molar-refractivity contribution in [3.05, 3.63) is 59.4 Å². The standard InChI is InChI=1S/C22H26FN3O5/c1-14(2)10-11-31-18-9-6-16(12-19(18)30-3)22(29)26-25-20(27)13-24-21(28)15-4-7-17(23)8-5-15/h4-9,12,14H,10-11,13H2,1-3H3,(H,24,28)(H,25,27)(H,26,29). The zero-order chi connectivity index (χ0) is 22.8. The highest BCUT2D eigenvalue weighted by Crippen LogP contribution is 2.28. The van der Waals surface area contributed by atoms with Gasteiger partial charge in [-0.3, -0.25) is 25.2 Å². The Morgan fingerprint density at radius 3 is 2.26 bits per heavy atom. The number of benzene rings is 2. The van der Waals surface area contributed by atoms with Gasteiger partial charge in [-0.05, 0) is 54.8 Å². The van der Waals surface area contributed by atoms with Crippen molar-refractivity contribution >= 4 is 17.7 Å². The molecular formula is C22H26FN3O5. The molecule has 0 aliphatic rings. The van der Waals surface area contributed by atoms with Gasteiger partial charge in [-0.1, -0.05) is 13.8 Å². The van der Waals surface area contributed by atoms with Gasteiger partial charge in [0.15, 0.2) is 11.5 Å². The lowest BCUT2D eigenvalue weighted by Gasteiger charge is -2.13. The molecule has 0 fully saturated rings. The minimum absolute atomic E-state index is 0.209. The molecule has 3 amide bonds. The normalized spacial score (nSPS) is 10.4. The number of methoxy groups -OCH3 is 1. The number of hydrazine groups is 1. The van der Waals surface area contributed by atoms with Crippen molar-refractivity contribution in [1.29, 1.82) is 0 Å².